The van der Waals surface area contributed by atoms with Crippen molar-refractivity contribution in [2.24, 2.45) is 17.8 Å². The lowest BCUT2D eigenvalue weighted by molar-refractivity contribution is -0.143. The highest BCUT2D eigenvalue weighted by molar-refractivity contribution is 7.09. The Morgan fingerprint density at radius 3 is 1.64 bits per heavy atom. The zero-order valence-corrected chi connectivity index (χ0v) is 60.7. The molecule has 2 aromatic rings. The third kappa shape index (κ3) is 38.5. The van der Waals surface area contributed by atoms with Crippen molar-refractivity contribution in [3.8, 4) is 0 Å². The molecule has 548 valence electrons. The molecule has 4 rings (SSSR count). The van der Waals surface area contributed by atoms with Gasteiger partial charge >= 0.3 is 0 Å². The molecule has 0 aliphatic carbocycles. The Hall–Kier alpha value is -5.69. The molecule has 26 nitrogen and oxygen atoms in total. The van der Waals surface area contributed by atoms with E-state index in [9.17, 15) is 38.4 Å². The highest BCUT2D eigenvalue weighted by Crippen LogP contribution is 2.25. The number of nitrogens with one attached hydrogen (secondary N) is 3. The monoisotopic (exact) mass is 1380 g/mol. The first-order valence-electron chi connectivity index (χ1n) is 33.8. The van der Waals surface area contributed by atoms with Crippen LogP contribution in [-0.2, 0) is 92.1 Å². The first-order chi connectivity index (χ1) is 46.3. The van der Waals surface area contributed by atoms with Gasteiger partial charge in [0.05, 0.1) is 143 Å². The van der Waals surface area contributed by atoms with Crippen LogP contribution in [0.15, 0.2) is 54.1 Å². The molecule has 3 heterocycles. The number of likely N-dealkylation sites (N-methyl/N-ethyl adjacent to an activating group) is 3. The second-order valence-electron chi connectivity index (χ2n) is 23.6. The van der Waals surface area contributed by atoms with Crippen molar-refractivity contribution in [2.75, 3.05) is 167 Å². The lowest BCUT2D eigenvalue weighted by Gasteiger charge is -2.37. The number of aromatic nitrogens is 1. The smallest absolute Gasteiger partial charge is 0.253 e. The number of thiazole rings is 1. The summed E-state index contributed by atoms with van der Waals surface area (Å²) in [6.07, 6.45) is 11.2. The van der Waals surface area contributed by atoms with Crippen LogP contribution >= 0.6 is 11.3 Å². The molecule has 0 spiro atoms. The fraction of sp³-hybridized carbons (Fsp3) is 0.725. The zero-order chi connectivity index (χ0) is 71.3. The number of methoxy groups -OCH3 is 2. The molecule has 96 heavy (non-hydrogen) atoms. The number of aldehydes is 1. The van der Waals surface area contributed by atoms with Gasteiger partial charge in [0.25, 0.3) is 11.8 Å². The highest BCUT2D eigenvalue weighted by Gasteiger charge is 2.35. The number of benzene rings is 1. The van der Waals surface area contributed by atoms with E-state index in [4.69, 9.17) is 47.4 Å². The van der Waals surface area contributed by atoms with Crippen molar-refractivity contribution in [3.63, 3.8) is 0 Å². The molecule has 0 bridgehead atoms. The molecule has 0 saturated carbocycles. The van der Waals surface area contributed by atoms with Gasteiger partial charge in [0.15, 0.2) is 0 Å². The summed E-state index contributed by atoms with van der Waals surface area (Å²) in [6, 6.07) is 9.55. The van der Waals surface area contributed by atoms with Gasteiger partial charge in [-0.1, -0.05) is 98.6 Å². The molecule has 27 heteroatoms. The molecule has 1 fully saturated rings. The van der Waals surface area contributed by atoms with E-state index in [0.717, 1.165) is 35.4 Å². The normalized spacial score (nSPS) is 15.4. The molecule has 7 atom stereocenters. The molecule has 2 aliphatic heterocycles. The third-order valence-corrected chi connectivity index (χ3v) is 16.4. The predicted molar refractivity (Wildman–Crippen MR) is 368 cm³/mol. The summed E-state index contributed by atoms with van der Waals surface area (Å²) in [7, 11) is 8.75. The number of carbonyl (C=O) groups is 8. The lowest BCUT2D eigenvalue weighted by Crippen LogP contribution is -2.54. The molecule has 3 N–H and O–H groups in total. The molecule has 1 aromatic heterocycles. The van der Waals surface area contributed by atoms with Crippen molar-refractivity contribution >= 4 is 59.5 Å². The number of hydrogen-bond donors (Lipinski definition) is 3. The number of ether oxygens (including phenoxy) is 10. The highest BCUT2D eigenvalue weighted by atomic mass is 32.1. The minimum absolute atomic E-state index is 0.0279. The summed E-state index contributed by atoms with van der Waals surface area (Å²) in [5.74, 6) is -1.65. The van der Waals surface area contributed by atoms with Crippen LogP contribution < -0.4 is 16.0 Å². The largest absolute Gasteiger partial charge is 0.380 e. The molecular weight excluding hydrogens is 1260 g/mol. The number of carbonyl (C=O) groups excluding carboxylic acids is 8. The van der Waals surface area contributed by atoms with Crippen molar-refractivity contribution in [3.05, 3.63) is 64.6 Å². The number of hydrogen-bond acceptors (Lipinski definition) is 21. The van der Waals surface area contributed by atoms with Crippen LogP contribution in [0.2, 0.25) is 0 Å². The van der Waals surface area contributed by atoms with E-state index >= 15 is 0 Å². The second kappa shape index (κ2) is 56.2. The van der Waals surface area contributed by atoms with Crippen molar-refractivity contribution in [2.45, 2.75) is 143 Å². The molecular formula is C69H118N8O18S. The number of rotatable bonds is 50. The van der Waals surface area contributed by atoms with Gasteiger partial charge in [-0.3, -0.25) is 38.5 Å². The van der Waals surface area contributed by atoms with Crippen LogP contribution in [0, 0.1) is 17.8 Å². The molecule has 7 unspecified atom stereocenters. The Kier molecular flexibility index (Phi) is 51.7. The van der Waals surface area contributed by atoms with Gasteiger partial charge in [0.1, 0.15) is 17.3 Å². The standard InChI is InChI=1S/C44H77N5O16.C12H12N2OS.C10H21NO.C3H8/c1-8-35(4)43(36(57-7)12-16-50)48(6)41(55)33-46-44(56)42(34(2)3)47(5)38(52)13-17-58-19-21-60-23-25-62-27-29-64-31-32-65-30-28-63-26-24-61-22-20-59-18-14-45-37(51)11-15-49-39(53)9-10-40(49)54;15-9-14-11(12-13-6-7-16-12)8-10-4-2-1-3-5-10;1-8(2)10(12-4)9-6-5-7-11(9)3;1-3-2/h9-10,16,34-36,42-43H,8,11-15,17-33H2,1-7H3,(H,45,51)(H,46,56);1-7,9,11H,8H2,(H,14,15);8-10H,5-7H2,1-4H3;3H2,1-2H3. The van der Waals surface area contributed by atoms with E-state index in [1.807, 2.05) is 70.5 Å². The van der Waals surface area contributed by atoms with E-state index in [1.54, 1.807) is 31.6 Å². The van der Waals surface area contributed by atoms with E-state index in [1.165, 1.54) is 60.4 Å². The van der Waals surface area contributed by atoms with Gasteiger partial charge in [-0.15, -0.1) is 11.3 Å². The van der Waals surface area contributed by atoms with Gasteiger partial charge in [0.2, 0.25) is 30.0 Å². The molecule has 7 amide bonds. The van der Waals surface area contributed by atoms with E-state index < -0.39 is 29.9 Å². The number of imide groups is 1. The fourth-order valence-corrected chi connectivity index (χ4v) is 11.0. The zero-order valence-electron chi connectivity index (χ0n) is 59.8. The van der Waals surface area contributed by atoms with Gasteiger partial charge < -0.3 is 82.8 Å². The van der Waals surface area contributed by atoms with Gasteiger partial charge in [-0.2, -0.15) is 0 Å². The molecule has 1 aromatic carbocycles. The van der Waals surface area contributed by atoms with Gasteiger partial charge in [-0.05, 0) is 56.2 Å². The SMILES string of the molecule is CCC.CCC(C)C(C(CC=O)OC)N(C)C(=O)CNC(=O)C(C(C)C)N(C)C(=O)CCOCCOCCOCCOCCOCCOCCOCCOCCNC(=O)CCN1C(=O)C=CC1=O.COC(C(C)C)C1CCCN1C.O=CNC(Cc1ccccc1)c1nccs1. The van der Waals surface area contributed by atoms with Crippen LogP contribution in [0.5, 0.6) is 0 Å². The second-order valence-corrected chi connectivity index (χ2v) is 24.5. The first kappa shape index (κ1) is 88.3. The van der Waals surface area contributed by atoms with E-state index in [2.05, 4.69) is 60.6 Å². The molecule has 2 aliphatic rings. The maximum atomic E-state index is 13.2. The summed E-state index contributed by atoms with van der Waals surface area (Å²) in [5.41, 5.74) is 1.19. The molecule has 1 saturated heterocycles. The minimum Gasteiger partial charge on any atom is -0.380 e. The van der Waals surface area contributed by atoms with E-state index in [-0.39, 0.29) is 87.2 Å². The summed E-state index contributed by atoms with van der Waals surface area (Å²) in [5, 5.41) is 11.0. The van der Waals surface area contributed by atoms with Crippen molar-refractivity contribution < 1.29 is 85.7 Å². The van der Waals surface area contributed by atoms with Gasteiger partial charge in [-0.25, -0.2) is 4.98 Å². The number of likely N-dealkylation sites (tertiary alicyclic amines) is 1. The van der Waals surface area contributed by atoms with Crippen LogP contribution in [0.25, 0.3) is 0 Å². The summed E-state index contributed by atoms with van der Waals surface area (Å²) in [4.78, 5) is 106. The molecule has 0 radical (unpaired) electrons. The summed E-state index contributed by atoms with van der Waals surface area (Å²) < 4.78 is 54.9. The van der Waals surface area contributed by atoms with Gasteiger partial charge in [0, 0.05) is 84.0 Å². The Balaban J connectivity index is 0.00000119. The Morgan fingerprint density at radius 1 is 0.688 bits per heavy atom. The minimum atomic E-state index is -0.789. The van der Waals surface area contributed by atoms with E-state index in [0.29, 0.717) is 117 Å². The predicted octanol–water partition coefficient (Wildman–Crippen LogP) is 5.36. The number of amides is 7. The fourth-order valence-electron chi connectivity index (χ4n) is 10.3. The summed E-state index contributed by atoms with van der Waals surface area (Å²) >= 11 is 1.56. The van der Waals surface area contributed by atoms with Crippen molar-refractivity contribution in [1.29, 1.82) is 0 Å². The maximum Gasteiger partial charge on any atom is 0.253 e. The average molecular weight is 1380 g/mol. The first-order valence-corrected chi connectivity index (χ1v) is 34.7. The average Bonchev–Trinajstić information content (AvgIpc) is 1.02. The van der Waals surface area contributed by atoms with Crippen LogP contribution in [0.4, 0.5) is 0 Å². The Bertz CT molecular complexity index is 2380. The van der Waals surface area contributed by atoms with Crippen LogP contribution in [-0.4, -0.2) is 270 Å². The quantitative estimate of drug-likeness (QED) is 0.0427. The lowest BCUT2D eigenvalue weighted by atomic mass is 9.91. The van der Waals surface area contributed by atoms with Crippen molar-refractivity contribution in [1.82, 2.24) is 40.5 Å². The topological polar surface area (TPSA) is 291 Å². The number of nitrogens with zero attached hydrogens (tertiary/aromatic N) is 5. The Morgan fingerprint density at radius 2 is 1.21 bits per heavy atom. The van der Waals surface area contributed by atoms with Crippen LogP contribution in [0.3, 0.4) is 0 Å². The Labute approximate surface area is 576 Å². The maximum absolute atomic E-state index is 13.2. The summed E-state index contributed by atoms with van der Waals surface area (Å²) in [6.45, 7) is 23.6. The third-order valence-electron chi connectivity index (χ3n) is 15.5. The van der Waals surface area contributed by atoms with Crippen LogP contribution in [0.1, 0.15) is 117 Å².